The molecule has 0 amide bonds. The summed E-state index contributed by atoms with van der Waals surface area (Å²) in [4.78, 5) is 17.1. The Bertz CT molecular complexity index is 1400. The molecule has 0 saturated heterocycles. The molecule has 3 atom stereocenters. The summed E-state index contributed by atoms with van der Waals surface area (Å²) in [6, 6.07) is 7.72. The Hall–Kier alpha value is -3.00. The normalized spacial score (nSPS) is 14.9. The molecule has 2 N–H and O–H groups in total. The van der Waals surface area contributed by atoms with E-state index in [1.807, 2.05) is 24.3 Å². The Morgan fingerprint density at radius 3 is 2.22 bits per heavy atom. The first-order valence-electron chi connectivity index (χ1n) is 16.3. The number of anilines is 1. The maximum Gasteiger partial charge on any atom is 0.333 e. The Balaban J connectivity index is 1.46. The quantitative estimate of drug-likeness (QED) is 0.0598. The molecule has 2 aromatic heterocycles. The monoisotopic (exact) mass is 641 g/mol. The Labute approximate surface area is 275 Å². The van der Waals surface area contributed by atoms with E-state index in [1.165, 1.54) is 18.8 Å². The van der Waals surface area contributed by atoms with Crippen LogP contribution in [0.1, 0.15) is 108 Å². The zero-order valence-corrected chi connectivity index (χ0v) is 30.1. The third-order valence-corrected chi connectivity index (χ3v) is 8.32. The molecule has 45 heavy (non-hydrogen) atoms. The molecular formula is C36H56ClN5O3. The fourth-order valence-electron chi connectivity index (χ4n) is 5.98. The highest BCUT2D eigenvalue weighted by Gasteiger charge is 2.26. The van der Waals surface area contributed by atoms with Crippen molar-refractivity contribution >= 4 is 28.9 Å². The number of hydrogen-bond donors (Lipinski definition) is 2. The first-order chi connectivity index (χ1) is 20.8. The number of aromatic nitrogens is 4. The van der Waals surface area contributed by atoms with Gasteiger partial charge in [-0.1, -0.05) is 94.2 Å². The summed E-state index contributed by atoms with van der Waals surface area (Å²) >= 11 is 6.56. The number of benzene rings is 1. The molecule has 0 saturated carbocycles. The number of esters is 1. The van der Waals surface area contributed by atoms with Gasteiger partial charge in [-0.3, -0.25) is 5.10 Å². The minimum Gasteiger partial charge on any atom is -0.481 e. The van der Waals surface area contributed by atoms with Crippen LogP contribution in [0.2, 0.25) is 5.02 Å². The highest BCUT2D eigenvalue weighted by Crippen LogP contribution is 2.34. The number of carbonyl (C=O) groups excluding carboxylic acids is 1. The summed E-state index contributed by atoms with van der Waals surface area (Å²) in [5.74, 6) is 1.64. The summed E-state index contributed by atoms with van der Waals surface area (Å²) in [5, 5.41) is 11.6. The van der Waals surface area contributed by atoms with Crippen molar-refractivity contribution in [1.82, 2.24) is 19.8 Å². The summed E-state index contributed by atoms with van der Waals surface area (Å²) in [7, 11) is 0. The molecule has 0 bridgehead atoms. The number of ether oxygens (including phenoxy) is 2. The van der Waals surface area contributed by atoms with Gasteiger partial charge in [0.15, 0.2) is 18.2 Å². The first-order valence-corrected chi connectivity index (χ1v) is 16.6. The highest BCUT2D eigenvalue weighted by atomic mass is 35.5. The molecule has 3 aromatic rings. The lowest BCUT2D eigenvalue weighted by Gasteiger charge is -2.31. The molecule has 0 aliphatic heterocycles. The Morgan fingerprint density at radius 1 is 1.00 bits per heavy atom. The van der Waals surface area contributed by atoms with Crippen LogP contribution in [0.25, 0.3) is 17.0 Å². The van der Waals surface area contributed by atoms with E-state index in [9.17, 15) is 4.79 Å². The number of fused-ring (bicyclic) bond motifs is 1. The minimum atomic E-state index is -0.381. The summed E-state index contributed by atoms with van der Waals surface area (Å²) < 4.78 is 12.8. The van der Waals surface area contributed by atoms with E-state index in [1.54, 1.807) is 4.63 Å². The molecule has 0 aliphatic carbocycles. The lowest BCUT2D eigenvalue weighted by molar-refractivity contribution is -0.140. The number of aromatic amines is 1. The number of hydrogen-bond acceptors (Lipinski definition) is 6. The van der Waals surface area contributed by atoms with Gasteiger partial charge in [-0.25, -0.2) is 9.78 Å². The van der Waals surface area contributed by atoms with Gasteiger partial charge >= 0.3 is 5.97 Å². The Kier molecular flexibility index (Phi) is 12.2. The third kappa shape index (κ3) is 11.7. The van der Waals surface area contributed by atoms with Crippen molar-refractivity contribution in [2.24, 2.45) is 28.6 Å². The SMILES string of the molecule is CC(CCC(COC(=O)C=COCNc1ccc(-c2nc3c(Cl)c(C(C)(C)C)[nH]n3n2)cc1)C(C)CC(C)(C)C)CC(C)(C)C. The lowest BCUT2D eigenvalue weighted by Crippen LogP contribution is -2.24. The van der Waals surface area contributed by atoms with Crippen LogP contribution in [0.15, 0.2) is 36.6 Å². The van der Waals surface area contributed by atoms with Gasteiger partial charge in [-0.2, -0.15) is 4.63 Å². The van der Waals surface area contributed by atoms with Gasteiger partial charge in [0.2, 0.25) is 0 Å². The van der Waals surface area contributed by atoms with Gasteiger partial charge in [0.25, 0.3) is 0 Å². The number of nitrogens with one attached hydrogen (secondary N) is 2. The van der Waals surface area contributed by atoms with Gasteiger partial charge in [-0.05, 0) is 72.1 Å². The standard InChI is InChI=1S/C36H56ClN5O3/c1-24(20-34(3,4)5)12-13-27(25(2)21-35(6,7)8)22-45-29(43)18-19-44-23-38-28-16-14-26(15-17-28)32-39-33-30(37)31(36(9,10)11)40-42(33)41-32/h14-19,24-25,27,38,40H,12-13,20-23H2,1-11H3. The van der Waals surface area contributed by atoms with Crippen molar-refractivity contribution in [2.45, 2.75) is 107 Å². The average Bonchev–Trinajstić information content (AvgIpc) is 3.46. The van der Waals surface area contributed by atoms with Crippen LogP contribution in [-0.4, -0.2) is 39.1 Å². The topological polar surface area (TPSA) is 93.5 Å². The number of H-pyrrole nitrogens is 1. The largest absolute Gasteiger partial charge is 0.481 e. The molecule has 0 spiro atoms. The number of rotatable bonds is 14. The van der Waals surface area contributed by atoms with Crippen molar-refractivity contribution in [1.29, 1.82) is 0 Å². The number of nitrogens with zero attached hydrogens (tertiary/aromatic N) is 3. The van der Waals surface area contributed by atoms with Gasteiger partial charge in [0, 0.05) is 16.7 Å². The van der Waals surface area contributed by atoms with Crippen molar-refractivity contribution in [2.75, 3.05) is 18.7 Å². The zero-order chi connectivity index (χ0) is 33.6. The second-order valence-corrected chi connectivity index (χ2v) is 16.5. The predicted octanol–water partition coefficient (Wildman–Crippen LogP) is 9.66. The second-order valence-electron chi connectivity index (χ2n) is 16.2. The molecule has 0 aliphatic rings. The number of halogens is 1. The second kappa shape index (κ2) is 15.1. The molecular weight excluding hydrogens is 586 g/mol. The molecule has 3 rings (SSSR count). The van der Waals surface area contributed by atoms with Crippen LogP contribution in [0, 0.1) is 28.6 Å². The first kappa shape index (κ1) is 36.5. The van der Waals surface area contributed by atoms with E-state index < -0.39 is 0 Å². The Morgan fingerprint density at radius 2 is 1.64 bits per heavy atom. The van der Waals surface area contributed by atoms with Gasteiger partial charge in [0.05, 0.1) is 24.6 Å². The van der Waals surface area contributed by atoms with E-state index >= 15 is 0 Å². The van der Waals surface area contributed by atoms with Crippen molar-refractivity contribution < 1.29 is 14.3 Å². The highest BCUT2D eigenvalue weighted by molar-refractivity contribution is 6.34. The lowest BCUT2D eigenvalue weighted by atomic mass is 9.76. The maximum atomic E-state index is 12.5. The molecule has 0 radical (unpaired) electrons. The maximum absolute atomic E-state index is 12.5. The molecule has 8 nitrogen and oxygen atoms in total. The smallest absolute Gasteiger partial charge is 0.333 e. The van der Waals surface area contributed by atoms with Crippen LogP contribution in [0.5, 0.6) is 0 Å². The van der Waals surface area contributed by atoms with Crippen molar-refractivity contribution in [3.63, 3.8) is 0 Å². The summed E-state index contributed by atoms with van der Waals surface area (Å²) in [6.45, 7) is 25.2. The van der Waals surface area contributed by atoms with Crippen LogP contribution >= 0.6 is 11.6 Å². The summed E-state index contributed by atoms with van der Waals surface area (Å²) in [6.07, 6.45) is 7.22. The van der Waals surface area contributed by atoms with Gasteiger partial charge in [-0.15, -0.1) is 5.10 Å². The molecule has 1 aromatic carbocycles. The zero-order valence-electron chi connectivity index (χ0n) is 29.4. The molecule has 250 valence electrons. The van der Waals surface area contributed by atoms with E-state index in [0.717, 1.165) is 36.2 Å². The minimum absolute atomic E-state index is 0.136. The van der Waals surface area contributed by atoms with Crippen LogP contribution in [-0.2, 0) is 19.7 Å². The fraction of sp³-hybridized carbons (Fsp3) is 0.639. The van der Waals surface area contributed by atoms with E-state index in [0.29, 0.717) is 46.3 Å². The average molecular weight is 642 g/mol. The van der Waals surface area contributed by atoms with E-state index in [-0.39, 0.29) is 23.5 Å². The van der Waals surface area contributed by atoms with E-state index in [2.05, 4.69) is 96.7 Å². The number of carbonyl (C=O) groups is 1. The molecule has 3 unspecified atom stereocenters. The predicted molar refractivity (Wildman–Crippen MR) is 185 cm³/mol. The van der Waals surface area contributed by atoms with Gasteiger partial charge < -0.3 is 14.8 Å². The van der Waals surface area contributed by atoms with Crippen molar-refractivity contribution in [3.05, 3.63) is 47.3 Å². The van der Waals surface area contributed by atoms with Crippen LogP contribution < -0.4 is 5.32 Å². The summed E-state index contributed by atoms with van der Waals surface area (Å²) in [5.41, 5.74) is 3.66. The fourth-order valence-corrected chi connectivity index (χ4v) is 6.43. The third-order valence-electron chi connectivity index (χ3n) is 7.96. The molecule has 0 fully saturated rings. The van der Waals surface area contributed by atoms with Gasteiger partial charge in [0.1, 0.15) is 5.02 Å². The van der Waals surface area contributed by atoms with Crippen LogP contribution in [0.4, 0.5) is 5.69 Å². The van der Waals surface area contributed by atoms with Crippen LogP contribution in [0.3, 0.4) is 0 Å². The van der Waals surface area contributed by atoms with E-state index in [4.69, 9.17) is 21.1 Å². The molecule has 9 heteroatoms. The molecule has 2 heterocycles. The van der Waals surface area contributed by atoms with Crippen molar-refractivity contribution in [3.8, 4) is 11.4 Å².